The van der Waals surface area contributed by atoms with Crippen molar-refractivity contribution in [2.45, 2.75) is 57.6 Å². The number of aryl methyl sites for hydroxylation is 1. The average molecular weight is 582 g/mol. The fourth-order valence-electron chi connectivity index (χ4n) is 4.24. The van der Waals surface area contributed by atoms with Crippen LogP contribution in [0.25, 0.3) is 6.08 Å². The van der Waals surface area contributed by atoms with Gasteiger partial charge in [0.15, 0.2) is 0 Å². The standard InChI is InChI=1S/C31H35BN6O5/c1-31(2,3)38-28(39)24(19-33)17-22-9-7-8-21(16-22)12-13-25(36-30(41)27-20-34-14-15-35-27)29(40)37-26(18-32(42)43)23-10-5-4-6-11-23/h4-11,14-17,20,25-26,42-43H,12-13,18H2,1-3H3,(H,36,41)(H,37,40)(H,38,39)/t25-,26+/m0/s1. The van der Waals surface area contributed by atoms with Crippen molar-refractivity contribution >= 4 is 30.9 Å². The smallest absolute Gasteiger partial charge is 0.427 e. The number of hydrogen-bond acceptors (Lipinski definition) is 8. The molecule has 0 fully saturated rings. The summed E-state index contributed by atoms with van der Waals surface area (Å²) in [6.45, 7) is 5.47. The first kappa shape index (κ1) is 32.7. The number of carbonyl (C=O) groups is 3. The fourth-order valence-corrected chi connectivity index (χ4v) is 4.24. The van der Waals surface area contributed by atoms with E-state index in [4.69, 9.17) is 0 Å². The van der Waals surface area contributed by atoms with Gasteiger partial charge in [-0.15, -0.1) is 0 Å². The molecule has 0 aliphatic heterocycles. The molecule has 43 heavy (non-hydrogen) atoms. The molecule has 1 aromatic heterocycles. The van der Waals surface area contributed by atoms with Crippen LogP contribution in [0.2, 0.25) is 6.32 Å². The zero-order valence-electron chi connectivity index (χ0n) is 24.3. The molecule has 0 aliphatic rings. The summed E-state index contributed by atoms with van der Waals surface area (Å²) in [5.41, 5.74) is 1.60. The van der Waals surface area contributed by atoms with Gasteiger partial charge in [0.1, 0.15) is 23.4 Å². The van der Waals surface area contributed by atoms with Gasteiger partial charge in [0.2, 0.25) is 5.91 Å². The van der Waals surface area contributed by atoms with Crippen LogP contribution in [0.3, 0.4) is 0 Å². The Bertz CT molecular complexity index is 1470. The van der Waals surface area contributed by atoms with E-state index in [-0.39, 0.29) is 24.0 Å². The molecular weight excluding hydrogens is 547 g/mol. The molecule has 0 bridgehead atoms. The van der Waals surface area contributed by atoms with Crippen LogP contribution in [-0.2, 0) is 16.0 Å². The third-order valence-electron chi connectivity index (χ3n) is 6.22. The van der Waals surface area contributed by atoms with Gasteiger partial charge in [0.25, 0.3) is 11.8 Å². The molecule has 3 amide bonds. The molecule has 5 N–H and O–H groups in total. The Labute approximate surface area is 251 Å². The minimum Gasteiger partial charge on any atom is -0.427 e. The normalized spacial score (nSPS) is 12.8. The van der Waals surface area contributed by atoms with Gasteiger partial charge in [-0.25, -0.2) is 4.98 Å². The molecule has 3 aromatic rings. The lowest BCUT2D eigenvalue weighted by atomic mass is 9.79. The van der Waals surface area contributed by atoms with Gasteiger partial charge in [-0.1, -0.05) is 54.6 Å². The molecule has 1 heterocycles. The van der Waals surface area contributed by atoms with Gasteiger partial charge < -0.3 is 26.0 Å². The van der Waals surface area contributed by atoms with Crippen molar-refractivity contribution in [1.29, 1.82) is 5.26 Å². The summed E-state index contributed by atoms with van der Waals surface area (Å²) in [6, 6.07) is 16.3. The molecule has 222 valence electrons. The Balaban J connectivity index is 1.82. The summed E-state index contributed by atoms with van der Waals surface area (Å²) in [6.07, 6.45) is 5.97. The van der Waals surface area contributed by atoms with E-state index < -0.39 is 42.5 Å². The number of rotatable bonds is 12. The molecule has 0 radical (unpaired) electrons. The lowest BCUT2D eigenvalue weighted by molar-refractivity contribution is -0.123. The van der Waals surface area contributed by atoms with Gasteiger partial charge in [0, 0.05) is 24.3 Å². The van der Waals surface area contributed by atoms with Gasteiger partial charge in [-0.3, -0.25) is 19.4 Å². The van der Waals surface area contributed by atoms with E-state index in [9.17, 15) is 29.7 Å². The second-order valence-corrected chi connectivity index (χ2v) is 11.0. The molecule has 12 heteroatoms. The molecule has 3 rings (SSSR count). The second-order valence-electron chi connectivity index (χ2n) is 11.0. The monoisotopic (exact) mass is 582 g/mol. The first-order valence-electron chi connectivity index (χ1n) is 13.8. The highest BCUT2D eigenvalue weighted by Crippen LogP contribution is 2.19. The Morgan fingerprint density at radius 2 is 1.79 bits per heavy atom. The van der Waals surface area contributed by atoms with E-state index in [1.54, 1.807) is 42.5 Å². The van der Waals surface area contributed by atoms with Crippen LogP contribution in [0.1, 0.15) is 60.4 Å². The van der Waals surface area contributed by atoms with Crippen molar-refractivity contribution < 1.29 is 24.4 Å². The van der Waals surface area contributed by atoms with E-state index in [1.807, 2.05) is 39.0 Å². The molecule has 0 spiro atoms. The zero-order chi connectivity index (χ0) is 31.4. The highest BCUT2D eigenvalue weighted by Gasteiger charge is 2.27. The molecule has 0 aliphatic carbocycles. The van der Waals surface area contributed by atoms with Crippen LogP contribution in [0.4, 0.5) is 0 Å². The lowest BCUT2D eigenvalue weighted by Crippen LogP contribution is -2.48. The fraction of sp³-hybridized carbons (Fsp3) is 0.290. The molecule has 0 saturated carbocycles. The molecule has 11 nitrogen and oxygen atoms in total. The number of aromatic nitrogens is 2. The first-order chi connectivity index (χ1) is 20.4. The van der Waals surface area contributed by atoms with Crippen LogP contribution in [0.5, 0.6) is 0 Å². The third-order valence-corrected chi connectivity index (χ3v) is 6.22. The number of nitrogens with zero attached hydrogens (tertiary/aromatic N) is 3. The molecule has 2 aromatic carbocycles. The summed E-state index contributed by atoms with van der Waals surface area (Å²) in [7, 11) is -1.67. The number of carbonyl (C=O) groups excluding carboxylic acids is 3. The van der Waals surface area contributed by atoms with Crippen molar-refractivity contribution in [3.8, 4) is 6.07 Å². The van der Waals surface area contributed by atoms with Gasteiger partial charge in [-0.2, -0.15) is 5.26 Å². The maximum Gasteiger partial charge on any atom is 0.453 e. The number of nitriles is 1. The molecule has 2 atom stereocenters. The summed E-state index contributed by atoms with van der Waals surface area (Å²) < 4.78 is 0. The number of nitrogens with one attached hydrogen (secondary N) is 3. The van der Waals surface area contributed by atoms with Crippen molar-refractivity contribution in [2.24, 2.45) is 0 Å². The number of benzene rings is 2. The predicted octanol–water partition coefficient (Wildman–Crippen LogP) is 2.36. The molecule has 0 saturated heterocycles. The molecule has 0 unspecified atom stereocenters. The quantitative estimate of drug-likeness (QED) is 0.123. The van der Waals surface area contributed by atoms with E-state index in [2.05, 4.69) is 25.9 Å². The maximum absolute atomic E-state index is 13.5. The van der Waals surface area contributed by atoms with Crippen LogP contribution in [-0.4, -0.2) is 56.4 Å². The van der Waals surface area contributed by atoms with E-state index in [0.717, 1.165) is 5.56 Å². The largest absolute Gasteiger partial charge is 0.453 e. The Hall–Kier alpha value is -4.86. The summed E-state index contributed by atoms with van der Waals surface area (Å²) in [4.78, 5) is 46.9. The number of hydrogen-bond donors (Lipinski definition) is 5. The average Bonchev–Trinajstić information content (AvgIpc) is 2.97. The van der Waals surface area contributed by atoms with Crippen LogP contribution in [0, 0.1) is 11.3 Å². The van der Waals surface area contributed by atoms with Crippen molar-refractivity contribution in [3.63, 3.8) is 0 Å². The number of amides is 3. The highest BCUT2D eigenvalue weighted by molar-refractivity contribution is 6.41. The molecular formula is C31H35BN6O5. The Kier molecular flexibility index (Phi) is 11.7. The lowest BCUT2D eigenvalue weighted by Gasteiger charge is -2.24. The predicted molar refractivity (Wildman–Crippen MR) is 162 cm³/mol. The Morgan fingerprint density at radius 1 is 1.05 bits per heavy atom. The van der Waals surface area contributed by atoms with Gasteiger partial charge in [-0.05, 0) is 56.4 Å². The Morgan fingerprint density at radius 3 is 2.42 bits per heavy atom. The third kappa shape index (κ3) is 10.8. The second kappa shape index (κ2) is 15.4. The van der Waals surface area contributed by atoms with Gasteiger partial charge >= 0.3 is 7.12 Å². The summed E-state index contributed by atoms with van der Waals surface area (Å²) in [5, 5.41) is 37.2. The van der Waals surface area contributed by atoms with E-state index in [1.165, 1.54) is 24.7 Å². The highest BCUT2D eigenvalue weighted by atomic mass is 16.4. The SMILES string of the molecule is CC(C)(C)NC(=O)C(C#N)=Cc1cccc(CC[C@H](NC(=O)c2cnccn2)C(=O)N[C@H](CB(O)O)c2ccccc2)c1. The van der Waals surface area contributed by atoms with Gasteiger partial charge in [0.05, 0.1) is 12.2 Å². The van der Waals surface area contributed by atoms with E-state index >= 15 is 0 Å². The van der Waals surface area contributed by atoms with Crippen LogP contribution >= 0.6 is 0 Å². The van der Waals surface area contributed by atoms with Crippen LogP contribution < -0.4 is 16.0 Å². The first-order valence-corrected chi connectivity index (χ1v) is 13.8. The van der Waals surface area contributed by atoms with E-state index in [0.29, 0.717) is 17.5 Å². The minimum atomic E-state index is -1.67. The van der Waals surface area contributed by atoms with Crippen molar-refractivity contribution in [1.82, 2.24) is 25.9 Å². The minimum absolute atomic E-state index is 0.0374. The summed E-state index contributed by atoms with van der Waals surface area (Å²) in [5.74, 6) is -1.59. The van der Waals surface area contributed by atoms with Crippen molar-refractivity contribution in [3.05, 3.63) is 101 Å². The zero-order valence-corrected chi connectivity index (χ0v) is 24.3. The topological polar surface area (TPSA) is 177 Å². The maximum atomic E-state index is 13.5. The van der Waals surface area contributed by atoms with Crippen LogP contribution in [0.15, 0.2) is 78.8 Å². The summed E-state index contributed by atoms with van der Waals surface area (Å²) >= 11 is 0. The van der Waals surface area contributed by atoms with Crippen molar-refractivity contribution in [2.75, 3.05) is 0 Å².